The van der Waals surface area contributed by atoms with Crippen molar-refractivity contribution in [1.29, 1.82) is 0 Å². The first kappa shape index (κ1) is 20.2. The van der Waals surface area contributed by atoms with Gasteiger partial charge < -0.3 is 15.6 Å². The number of pyridine rings is 2. The van der Waals surface area contributed by atoms with Crippen LogP contribution in [0.1, 0.15) is 4.88 Å². The molecule has 35 heavy (non-hydrogen) atoms. The Labute approximate surface area is 203 Å². The molecule has 1 aliphatic heterocycles. The molecule has 1 saturated heterocycles. The number of aromatic nitrogens is 8. The normalized spacial score (nSPS) is 14.2. The van der Waals surface area contributed by atoms with Crippen LogP contribution in [0.4, 0.5) is 5.82 Å². The van der Waals surface area contributed by atoms with Crippen molar-refractivity contribution < 1.29 is 0 Å². The lowest BCUT2D eigenvalue weighted by Gasteiger charge is -2.37. The number of imidazole rings is 1. The fourth-order valence-corrected chi connectivity index (χ4v) is 5.23. The van der Waals surface area contributed by atoms with Gasteiger partial charge in [-0.05, 0) is 37.3 Å². The molecule has 1 aliphatic rings. The van der Waals surface area contributed by atoms with Gasteiger partial charge in [0.25, 0.3) is 0 Å². The van der Waals surface area contributed by atoms with Crippen LogP contribution in [-0.4, -0.2) is 59.2 Å². The molecule has 0 amide bonds. The highest BCUT2D eigenvalue weighted by Gasteiger charge is 2.25. The minimum atomic E-state index is 0.186. The Bertz CT molecular complexity index is 1710. The number of thiophene rings is 1. The van der Waals surface area contributed by atoms with Crippen molar-refractivity contribution in [2.45, 2.75) is 13.0 Å². The first-order valence-corrected chi connectivity index (χ1v) is 12.0. The number of hydrogen-bond donors (Lipinski definition) is 3. The number of hydrogen-bond acceptors (Lipinski definition) is 9. The molecule has 0 atom stereocenters. The number of nitrogens with two attached hydrogens (primary N) is 1. The molecule has 0 saturated carbocycles. The van der Waals surface area contributed by atoms with Gasteiger partial charge in [-0.2, -0.15) is 5.10 Å². The summed E-state index contributed by atoms with van der Waals surface area (Å²) in [7, 11) is 0. The highest BCUT2D eigenvalue weighted by atomic mass is 32.1. The summed E-state index contributed by atoms with van der Waals surface area (Å²) in [5, 5.41) is 7.58. The molecule has 0 bridgehead atoms. The average molecular weight is 481 g/mol. The van der Waals surface area contributed by atoms with Crippen LogP contribution in [0.2, 0.25) is 0 Å². The number of nitrogens with zero attached hydrogens (tertiary/aromatic N) is 7. The number of fused-ring (bicyclic) bond motifs is 2. The van der Waals surface area contributed by atoms with Crippen LogP contribution in [0, 0.1) is 6.92 Å². The van der Waals surface area contributed by atoms with E-state index in [0.717, 1.165) is 40.4 Å². The molecule has 0 radical (unpaired) electrons. The SMILES string of the molecule is Cc1ccc(-c2ccnc3[nH]c(-c4n[nH]c5ccc(-c6cncc(N7CC(N)C7)n6)nc45)nc23)s1. The number of nitrogens with one attached hydrogen (secondary N) is 2. The van der Waals surface area contributed by atoms with Crippen LogP contribution in [0.3, 0.4) is 0 Å². The van der Waals surface area contributed by atoms with Gasteiger partial charge in [-0.15, -0.1) is 11.3 Å². The summed E-state index contributed by atoms with van der Waals surface area (Å²) in [5.41, 5.74) is 12.0. The van der Waals surface area contributed by atoms with E-state index in [4.69, 9.17) is 20.7 Å². The summed E-state index contributed by atoms with van der Waals surface area (Å²) in [6.07, 6.45) is 5.27. The molecule has 0 aliphatic carbocycles. The predicted molar refractivity (Wildman–Crippen MR) is 136 cm³/mol. The van der Waals surface area contributed by atoms with E-state index in [1.54, 1.807) is 29.9 Å². The van der Waals surface area contributed by atoms with Crippen LogP contribution < -0.4 is 10.6 Å². The first-order chi connectivity index (χ1) is 17.1. The average Bonchev–Trinajstić information content (AvgIpc) is 3.59. The zero-order chi connectivity index (χ0) is 23.5. The van der Waals surface area contributed by atoms with Gasteiger partial charge in [0.1, 0.15) is 22.5 Å². The molecule has 6 aromatic rings. The standard InChI is InChI=1S/C24H20N10S/c1-12-2-5-18(35-12)14-6-7-27-23-20(14)30-24(31-23)22-21-16(32-33-22)4-3-15(29-21)17-8-26-9-19(28-17)34-10-13(25)11-34/h2-9,13H,10-11,25H2,1H3,(H,32,33)(H,27,30,31). The molecule has 0 spiro atoms. The predicted octanol–water partition coefficient (Wildman–Crippen LogP) is 3.54. The molecule has 0 aromatic carbocycles. The number of H-pyrrole nitrogens is 2. The van der Waals surface area contributed by atoms with Crippen LogP contribution in [0.15, 0.2) is 48.9 Å². The first-order valence-electron chi connectivity index (χ1n) is 11.2. The third kappa shape index (κ3) is 3.35. The summed E-state index contributed by atoms with van der Waals surface area (Å²) in [4.78, 5) is 31.2. The third-order valence-corrected chi connectivity index (χ3v) is 7.17. The lowest BCUT2D eigenvalue weighted by atomic mass is 10.1. The quantitative estimate of drug-likeness (QED) is 0.348. The maximum Gasteiger partial charge on any atom is 0.162 e. The molecule has 6 aromatic heterocycles. The fraction of sp³-hybridized carbons (Fsp3) is 0.167. The minimum Gasteiger partial charge on any atom is -0.352 e. The molecular formula is C24H20N10S. The molecule has 11 heteroatoms. The molecular weight excluding hydrogens is 460 g/mol. The van der Waals surface area contributed by atoms with E-state index in [2.05, 4.69) is 49.1 Å². The Morgan fingerprint density at radius 2 is 1.91 bits per heavy atom. The second-order valence-corrected chi connectivity index (χ2v) is 9.93. The lowest BCUT2D eigenvalue weighted by molar-refractivity contribution is 0.514. The molecule has 4 N–H and O–H groups in total. The summed E-state index contributed by atoms with van der Waals surface area (Å²) >= 11 is 1.73. The van der Waals surface area contributed by atoms with Gasteiger partial charge >= 0.3 is 0 Å². The van der Waals surface area contributed by atoms with E-state index < -0.39 is 0 Å². The van der Waals surface area contributed by atoms with Crippen molar-refractivity contribution in [3.63, 3.8) is 0 Å². The van der Waals surface area contributed by atoms with E-state index >= 15 is 0 Å². The number of rotatable bonds is 4. The summed E-state index contributed by atoms with van der Waals surface area (Å²) < 4.78 is 0. The minimum absolute atomic E-state index is 0.186. The molecule has 10 nitrogen and oxygen atoms in total. The van der Waals surface area contributed by atoms with E-state index in [1.165, 1.54) is 4.88 Å². The second-order valence-electron chi connectivity index (χ2n) is 8.64. The van der Waals surface area contributed by atoms with Crippen molar-refractivity contribution in [3.05, 3.63) is 53.8 Å². The second kappa shape index (κ2) is 7.65. The van der Waals surface area contributed by atoms with Gasteiger partial charge in [0.05, 0.1) is 23.6 Å². The zero-order valence-corrected chi connectivity index (χ0v) is 19.5. The van der Waals surface area contributed by atoms with E-state index in [-0.39, 0.29) is 6.04 Å². The summed E-state index contributed by atoms with van der Waals surface area (Å²) in [5.74, 6) is 1.41. The number of aryl methyl sites for hydroxylation is 1. The number of aromatic amines is 2. The van der Waals surface area contributed by atoms with Crippen LogP contribution in [0.25, 0.3) is 55.5 Å². The van der Waals surface area contributed by atoms with E-state index in [9.17, 15) is 0 Å². The highest BCUT2D eigenvalue weighted by molar-refractivity contribution is 7.15. The molecule has 0 unspecified atom stereocenters. The molecule has 7 rings (SSSR count). The summed E-state index contributed by atoms with van der Waals surface area (Å²) in [6.45, 7) is 3.66. The monoisotopic (exact) mass is 480 g/mol. The van der Waals surface area contributed by atoms with Gasteiger partial charge in [0, 0.05) is 40.6 Å². The Hall–Kier alpha value is -4.22. The van der Waals surface area contributed by atoms with Crippen molar-refractivity contribution >= 4 is 39.4 Å². The maximum atomic E-state index is 5.92. The third-order valence-electron chi connectivity index (χ3n) is 6.14. The summed E-state index contributed by atoms with van der Waals surface area (Å²) in [6, 6.07) is 10.3. The zero-order valence-electron chi connectivity index (χ0n) is 18.7. The van der Waals surface area contributed by atoms with Gasteiger partial charge in [0.15, 0.2) is 17.2 Å². The Balaban J connectivity index is 1.31. The molecule has 7 heterocycles. The van der Waals surface area contributed by atoms with Gasteiger partial charge in [-0.25, -0.2) is 19.9 Å². The molecule has 1 fully saturated rings. The van der Waals surface area contributed by atoms with E-state index in [1.807, 2.05) is 18.2 Å². The number of anilines is 1. The van der Waals surface area contributed by atoms with Crippen molar-refractivity contribution in [2.24, 2.45) is 5.73 Å². The van der Waals surface area contributed by atoms with Gasteiger partial charge in [-0.3, -0.25) is 10.1 Å². The van der Waals surface area contributed by atoms with Gasteiger partial charge in [-0.1, -0.05) is 0 Å². The Morgan fingerprint density at radius 3 is 2.74 bits per heavy atom. The Kier molecular flexibility index (Phi) is 4.41. The highest BCUT2D eigenvalue weighted by Crippen LogP contribution is 2.34. The van der Waals surface area contributed by atoms with Crippen LogP contribution in [0.5, 0.6) is 0 Å². The van der Waals surface area contributed by atoms with Crippen LogP contribution in [-0.2, 0) is 0 Å². The topological polar surface area (TPSA) is 138 Å². The molecule has 172 valence electrons. The maximum absolute atomic E-state index is 5.92. The fourth-order valence-electron chi connectivity index (χ4n) is 4.34. The van der Waals surface area contributed by atoms with Gasteiger partial charge in [0.2, 0.25) is 0 Å². The van der Waals surface area contributed by atoms with E-state index in [0.29, 0.717) is 34.1 Å². The Morgan fingerprint density at radius 1 is 1.00 bits per heavy atom. The smallest absolute Gasteiger partial charge is 0.162 e. The lowest BCUT2D eigenvalue weighted by Crippen LogP contribution is -2.56. The van der Waals surface area contributed by atoms with Crippen molar-refractivity contribution in [1.82, 2.24) is 40.1 Å². The largest absolute Gasteiger partial charge is 0.352 e. The van der Waals surface area contributed by atoms with Crippen molar-refractivity contribution in [2.75, 3.05) is 18.0 Å². The van der Waals surface area contributed by atoms with Crippen molar-refractivity contribution in [3.8, 4) is 33.3 Å². The van der Waals surface area contributed by atoms with Crippen LogP contribution >= 0.6 is 11.3 Å².